The van der Waals surface area contributed by atoms with Gasteiger partial charge >= 0.3 is 0 Å². The average molecular weight is 373 g/mol. The molecule has 0 aliphatic heterocycles. The maximum Gasteiger partial charge on any atom is 0.191 e. The number of nitrogens with zero attached hydrogens (tertiary/aromatic N) is 1. The summed E-state index contributed by atoms with van der Waals surface area (Å²) < 4.78 is 10.7. The topological polar surface area (TPSA) is 54.9 Å². The third-order valence-corrected chi connectivity index (χ3v) is 2.03. The van der Waals surface area contributed by atoms with Gasteiger partial charge < -0.3 is 20.1 Å². The van der Waals surface area contributed by atoms with E-state index in [9.17, 15) is 0 Å². The summed E-state index contributed by atoms with van der Waals surface area (Å²) in [6.45, 7) is 9.94. The number of guanidine groups is 1. The van der Waals surface area contributed by atoms with Gasteiger partial charge in [0.2, 0.25) is 0 Å². The molecule has 0 amide bonds. The number of hydrogen-bond acceptors (Lipinski definition) is 3. The minimum absolute atomic E-state index is 0. The third kappa shape index (κ3) is 14.0. The lowest BCUT2D eigenvalue weighted by Gasteiger charge is -2.12. The maximum atomic E-state index is 5.45. The van der Waals surface area contributed by atoms with E-state index in [0.717, 1.165) is 38.7 Å². The number of rotatable bonds is 9. The van der Waals surface area contributed by atoms with E-state index < -0.39 is 0 Å². The summed E-state index contributed by atoms with van der Waals surface area (Å²) in [6, 6.07) is 0. The number of aliphatic imine (C=N–C) groups is 1. The second-order valence-electron chi connectivity index (χ2n) is 3.90. The number of ether oxygens (including phenoxy) is 2. The molecule has 0 spiro atoms. The SMILES string of the molecule is CCOCCNC(=NC)NCCCOC(C)C.I. The molecule has 0 aliphatic carbocycles. The van der Waals surface area contributed by atoms with Crippen LogP contribution >= 0.6 is 24.0 Å². The van der Waals surface area contributed by atoms with E-state index in [2.05, 4.69) is 15.6 Å². The first-order valence-corrected chi connectivity index (χ1v) is 6.34. The zero-order valence-corrected chi connectivity index (χ0v) is 14.3. The number of hydrogen-bond donors (Lipinski definition) is 2. The van der Waals surface area contributed by atoms with Gasteiger partial charge in [-0.25, -0.2) is 0 Å². The Morgan fingerprint density at radius 3 is 2.39 bits per heavy atom. The standard InChI is InChI=1S/C12H27N3O2.HI/c1-5-16-10-8-15-12(13-4)14-7-6-9-17-11(2)3;/h11H,5-10H2,1-4H3,(H2,13,14,15);1H. The largest absolute Gasteiger partial charge is 0.380 e. The van der Waals surface area contributed by atoms with Crippen molar-refractivity contribution in [2.75, 3.05) is 40.0 Å². The molecule has 0 bridgehead atoms. The highest BCUT2D eigenvalue weighted by Crippen LogP contribution is 1.88. The Hall–Kier alpha value is -0.0800. The fourth-order valence-electron chi connectivity index (χ4n) is 1.20. The van der Waals surface area contributed by atoms with Crippen LogP contribution in [0.2, 0.25) is 0 Å². The molecule has 0 unspecified atom stereocenters. The van der Waals surface area contributed by atoms with Crippen LogP contribution in [0.1, 0.15) is 27.2 Å². The lowest BCUT2D eigenvalue weighted by Crippen LogP contribution is -2.39. The predicted molar refractivity (Wildman–Crippen MR) is 87.0 cm³/mol. The van der Waals surface area contributed by atoms with Crippen molar-refractivity contribution >= 4 is 29.9 Å². The fourth-order valence-corrected chi connectivity index (χ4v) is 1.20. The molecule has 6 heteroatoms. The summed E-state index contributed by atoms with van der Waals surface area (Å²) in [5.41, 5.74) is 0. The van der Waals surface area contributed by atoms with Crippen LogP contribution in [0, 0.1) is 0 Å². The molecule has 5 nitrogen and oxygen atoms in total. The lowest BCUT2D eigenvalue weighted by atomic mass is 10.4. The highest BCUT2D eigenvalue weighted by molar-refractivity contribution is 14.0. The second-order valence-corrected chi connectivity index (χ2v) is 3.90. The molecule has 0 saturated heterocycles. The van der Waals surface area contributed by atoms with Gasteiger partial charge in [0.05, 0.1) is 12.7 Å². The average Bonchev–Trinajstić information content (AvgIpc) is 2.31. The zero-order chi connectivity index (χ0) is 12.9. The van der Waals surface area contributed by atoms with Gasteiger partial charge in [-0.3, -0.25) is 4.99 Å². The molecule has 110 valence electrons. The first kappa shape index (κ1) is 20.2. The van der Waals surface area contributed by atoms with Crippen LogP contribution in [0.3, 0.4) is 0 Å². The molecule has 0 saturated carbocycles. The summed E-state index contributed by atoms with van der Waals surface area (Å²) >= 11 is 0. The van der Waals surface area contributed by atoms with E-state index in [1.807, 2.05) is 20.8 Å². The Labute approximate surface area is 128 Å². The molecule has 0 aromatic heterocycles. The lowest BCUT2D eigenvalue weighted by molar-refractivity contribution is 0.0776. The van der Waals surface area contributed by atoms with Crippen LogP contribution < -0.4 is 10.6 Å². The molecule has 0 rings (SSSR count). The van der Waals surface area contributed by atoms with Gasteiger partial charge in [-0.05, 0) is 27.2 Å². The van der Waals surface area contributed by atoms with Crippen LogP contribution in [0.4, 0.5) is 0 Å². The van der Waals surface area contributed by atoms with Gasteiger partial charge in [-0.2, -0.15) is 0 Å². The Kier molecular flexibility index (Phi) is 16.8. The van der Waals surface area contributed by atoms with Crippen molar-refractivity contribution in [3.8, 4) is 0 Å². The van der Waals surface area contributed by atoms with E-state index in [1.54, 1.807) is 7.05 Å². The highest BCUT2D eigenvalue weighted by Gasteiger charge is 1.97. The zero-order valence-electron chi connectivity index (χ0n) is 12.0. The minimum Gasteiger partial charge on any atom is -0.380 e. The van der Waals surface area contributed by atoms with Crippen molar-refractivity contribution in [1.29, 1.82) is 0 Å². The van der Waals surface area contributed by atoms with E-state index in [4.69, 9.17) is 9.47 Å². The van der Waals surface area contributed by atoms with E-state index in [1.165, 1.54) is 0 Å². The Morgan fingerprint density at radius 2 is 1.83 bits per heavy atom. The summed E-state index contributed by atoms with van der Waals surface area (Å²) in [7, 11) is 1.76. The van der Waals surface area contributed by atoms with Crippen LogP contribution in [0.25, 0.3) is 0 Å². The normalized spacial score (nSPS) is 11.3. The van der Waals surface area contributed by atoms with Crippen LogP contribution in [0.15, 0.2) is 4.99 Å². The molecule has 0 aliphatic rings. The van der Waals surface area contributed by atoms with Gasteiger partial charge in [0, 0.05) is 33.4 Å². The quantitative estimate of drug-likeness (QED) is 0.279. The first-order chi connectivity index (χ1) is 8.20. The van der Waals surface area contributed by atoms with Crippen molar-refractivity contribution in [2.45, 2.75) is 33.3 Å². The van der Waals surface area contributed by atoms with E-state index in [0.29, 0.717) is 12.7 Å². The molecule has 0 radical (unpaired) electrons. The molecule has 2 N–H and O–H groups in total. The van der Waals surface area contributed by atoms with Crippen molar-refractivity contribution < 1.29 is 9.47 Å². The van der Waals surface area contributed by atoms with Gasteiger partial charge in [-0.1, -0.05) is 0 Å². The molecule has 0 aromatic carbocycles. The highest BCUT2D eigenvalue weighted by atomic mass is 127. The fraction of sp³-hybridized carbons (Fsp3) is 0.917. The van der Waals surface area contributed by atoms with Gasteiger partial charge in [0.15, 0.2) is 5.96 Å². The van der Waals surface area contributed by atoms with Gasteiger partial charge in [0.25, 0.3) is 0 Å². The molecule has 0 heterocycles. The molecule has 18 heavy (non-hydrogen) atoms. The predicted octanol–water partition coefficient (Wildman–Crippen LogP) is 1.62. The summed E-state index contributed by atoms with van der Waals surface area (Å²) in [5, 5.41) is 6.40. The van der Waals surface area contributed by atoms with E-state index >= 15 is 0 Å². The summed E-state index contributed by atoms with van der Waals surface area (Å²) in [4.78, 5) is 4.12. The molecular formula is C12H28IN3O2. The molecule has 0 atom stereocenters. The number of halogens is 1. The monoisotopic (exact) mass is 373 g/mol. The Morgan fingerprint density at radius 1 is 1.17 bits per heavy atom. The van der Waals surface area contributed by atoms with Gasteiger partial charge in [0.1, 0.15) is 0 Å². The smallest absolute Gasteiger partial charge is 0.191 e. The Bertz CT molecular complexity index is 202. The van der Waals surface area contributed by atoms with Crippen molar-refractivity contribution in [2.24, 2.45) is 4.99 Å². The van der Waals surface area contributed by atoms with Gasteiger partial charge in [-0.15, -0.1) is 24.0 Å². The van der Waals surface area contributed by atoms with E-state index in [-0.39, 0.29) is 24.0 Å². The maximum absolute atomic E-state index is 5.45. The third-order valence-electron chi connectivity index (χ3n) is 2.03. The van der Waals surface area contributed by atoms with Crippen molar-refractivity contribution in [3.05, 3.63) is 0 Å². The molecular weight excluding hydrogens is 345 g/mol. The van der Waals surface area contributed by atoms with Crippen LogP contribution in [-0.4, -0.2) is 52.0 Å². The van der Waals surface area contributed by atoms with Crippen LogP contribution in [-0.2, 0) is 9.47 Å². The summed E-state index contributed by atoms with van der Waals surface area (Å²) in [5.74, 6) is 0.814. The molecule has 0 fully saturated rings. The van der Waals surface area contributed by atoms with Crippen LogP contribution in [0.5, 0.6) is 0 Å². The second kappa shape index (κ2) is 15.0. The first-order valence-electron chi connectivity index (χ1n) is 6.34. The minimum atomic E-state index is 0. The van der Waals surface area contributed by atoms with Crippen molar-refractivity contribution in [3.63, 3.8) is 0 Å². The molecule has 0 aromatic rings. The number of nitrogens with one attached hydrogen (secondary N) is 2. The summed E-state index contributed by atoms with van der Waals surface area (Å²) in [6.07, 6.45) is 1.28. The van der Waals surface area contributed by atoms with Crippen molar-refractivity contribution in [1.82, 2.24) is 10.6 Å². The Balaban J connectivity index is 0.